The molecule has 19 heavy (non-hydrogen) atoms. The zero-order valence-corrected chi connectivity index (χ0v) is 12.4. The zero-order chi connectivity index (χ0) is 13.2. The number of thiophene rings is 1. The Morgan fingerprint density at radius 1 is 1.16 bits per heavy atom. The van der Waals surface area contributed by atoms with Gasteiger partial charge < -0.3 is 5.32 Å². The van der Waals surface area contributed by atoms with Gasteiger partial charge >= 0.3 is 0 Å². The molecule has 3 rings (SSSR count). The minimum Gasteiger partial charge on any atom is -0.303 e. The summed E-state index contributed by atoms with van der Waals surface area (Å²) in [6, 6.07) is 12.1. The Morgan fingerprint density at radius 3 is 2.68 bits per heavy atom. The minimum absolute atomic E-state index is 0.428. The first kappa shape index (κ1) is 12.9. The van der Waals surface area contributed by atoms with Crippen molar-refractivity contribution in [3.8, 4) is 0 Å². The third-order valence-electron chi connectivity index (χ3n) is 4.29. The fraction of sp³-hybridized carbons (Fsp3) is 0.412. The standard InChI is InChI=1S/C17H21NS/c1-12-7-8-17(16-6-4-3-5-15(12)16)18-13(2)14-9-10-19-11-14/h3-6,9-13,17-18H,7-8H2,1-2H3. The van der Waals surface area contributed by atoms with E-state index in [0.29, 0.717) is 18.0 Å². The van der Waals surface area contributed by atoms with Crippen LogP contribution in [-0.2, 0) is 0 Å². The van der Waals surface area contributed by atoms with Gasteiger partial charge in [0.1, 0.15) is 0 Å². The van der Waals surface area contributed by atoms with Crippen molar-refractivity contribution in [3.63, 3.8) is 0 Å². The van der Waals surface area contributed by atoms with Gasteiger partial charge in [-0.1, -0.05) is 31.2 Å². The molecule has 2 heteroatoms. The van der Waals surface area contributed by atoms with Crippen LogP contribution in [0.25, 0.3) is 0 Å². The number of rotatable bonds is 3. The summed E-state index contributed by atoms with van der Waals surface area (Å²) in [4.78, 5) is 0. The number of hydrogen-bond acceptors (Lipinski definition) is 2. The summed E-state index contributed by atoms with van der Waals surface area (Å²) in [6.07, 6.45) is 2.53. The lowest BCUT2D eigenvalue weighted by molar-refractivity contribution is 0.396. The average molecular weight is 271 g/mol. The van der Waals surface area contributed by atoms with E-state index in [1.807, 2.05) is 0 Å². The fourth-order valence-corrected chi connectivity index (χ4v) is 3.85. The molecule has 0 spiro atoms. The molecule has 0 bridgehead atoms. The normalized spacial score (nSPS) is 23.9. The van der Waals surface area contributed by atoms with E-state index in [1.54, 1.807) is 11.3 Å². The van der Waals surface area contributed by atoms with Crippen molar-refractivity contribution in [2.24, 2.45) is 0 Å². The molecule has 0 saturated heterocycles. The van der Waals surface area contributed by atoms with Gasteiger partial charge in [-0.2, -0.15) is 11.3 Å². The second-order valence-electron chi connectivity index (χ2n) is 5.60. The largest absolute Gasteiger partial charge is 0.303 e. The maximum Gasteiger partial charge on any atom is 0.0328 e. The molecular weight excluding hydrogens is 250 g/mol. The van der Waals surface area contributed by atoms with E-state index in [-0.39, 0.29) is 0 Å². The highest BCUT2D eigenvalue weighted by molar-refractivity contribution is 7.07. The van der Waals surface area contributed by atoms with Gasteiger partial charge in [0, 0.05) is 12.1 Å². The highest BCUT2D eigenvalue weighted by Gasteiger charge is 2.25. The van der Waals surface area contributed by atoms with Crippen LogP contribution in [0.3, 0.4) is 0 Å². The van der Waals surface area contributed by atoms with Gasteiger partial charge in [0.15, 0.2) is 0 Å². The van der Waals surface area contributed by atoms with E-state index in [2.05, 4.69) is 60.3 Å². The molecule has 0 aliphatic heterocycles. The number of benzene rings is 1. The van der Waals surface area contributed by atoms with Crippen molar-refractivity contribution in [1.82, 2.24) is 5.32 Å². The van der Waals surface area contributed by atoms with Gasteiger partial charge in [-0.25, -0.2) is 0 Å². The van der Waals surface area contributed by atoms with Crippen molar-refractivity contribution in [2.75, 3.05) is 0 Å². The maximum atomic E-state index is 3.80. The molecule has 0 fully saturated rings. The summed E-state index contributed by atoms with van der Waals surface area (Å²) >= 11 is 1.78. The quantitative estimate of drug-likeness (QED) is 0.825. The summed E-state index contributed by atoms with van der Waals surface area (Å²) in [7, 11) is 0. The van der Waals surface area contributed by atoms with Crippen LogP contribution in [0, 0.1) is 0 Å². The van der Waals surface area contributed by atoms with Crippen molar-refractivity contribution < 1.29 is 0 Å². The number of nitrogens with one attached hydrogen (secondary N) is 1. The van der Waals surface area contributed by atoms with Gasteiger partial charge in [-0.3, -0.25) is 0 Å². The predicted molar refractivity (Wildman–Crippen MR) is 82.7 cm³/mol. The molecule has 1 aliphatic carbocycles. The lowest BCUT2D eigenvalue weighted by Gasteiger charge is -2.32. The van der Waals surface area contributed by atoms with Crippen molar-refractivity contribution in [1.29, 1.82) is 0 Å². The minimum atomic E-state index is 0.428. The summed E-state index contributed by atoms with van der Waals surface area (Å²) in [5, 5.41) is 8.21. The molecule has 0 saturated carbocycles. The molecule has 100 valence electrons. The van der Waals surface area contributed by atoms with Crippen LogP contribution in [0.5, 0.6) is 0 Å². The van der Waals surface area contributed by atoms with Crippen molar-refractivity contribution >= 4 is 11.3 Å². The van der Waals surface area contributed by atoms with Crippen LogP contribution in [-0.4, -0.2) is 0 Å². The number of fused-ring (bicyclic) bond motifs is 1. The second kappa shape index (κ2) is 5.48. The monoisotopic (exact) mass is 271 g/mol. The van der Waals surface area contributed by atoms with Crippen LogP contribution >= 0.6 is 11.3 Å². The lowest BCUT2D eigenvalue weighted by atomic mass is 9.81. The molecule has 1 N–H and O–H groups in total. The van der Waals surface area contributed by atoms with Crippen molar-refractivity contribution in [3.05, 3.63) is 57.8 Å². The first-order valence-electron chi connectivity index (χ1n) is 7.12. The third-order valence-corrected chi connectivity index (χ3v) is 4.99. The van der Waals surface area contributed by atoms with E-state index in [0.717, 1.165) is 0 Å². The Kier molecular flexibility index (Phi) is 3.72. The average Bonchev–Trinajstić information content (AvgIpc) is 2.96. The predicted octanol–water partition coefficient (Wildman–Crippen LogP) is 5.04. The van der Waals surface area contributed by atoms with E-state index >= 15 is 0 Å². The van der Waals surface area contributed by atoms with Crippen molar-refractivity contribution in [2.45, 2.75) is 44.7 Å². The van der Waals surface area contributed by atoms with Crippen LogP contribution in [0.15, 0.2) is 41.1 Å². The van der Waals surface area contributed by atoms with E-state index in [9.17, 15) is 0 Å². The first-order chi connectivity index (χ1) is 9.25. The Labute approximate surface area is 119 Å². The third kappa shape index (κ3) is 2.60. The van der Waals surface area contributed by atoms with Gasteiger partial charge in [0.05, 0.1) is 0 Å². The first-order valence-corrected chi connectivity index (χ1v) is 8.07. The van der Waals surface area contributed by atoms with E-state index < -0.39 is 0 Å². The van der Waals surface area contributed by atoms with Crippen LogP contribution in [0.2, 0.25) is 0 Å². The Bertz CT molecular complexity index is 532. The Hall–Kier alpha value is -1.12. The molecule has 0 amide bonds. The van der Waals surface area contributed by atoms with E-state index in [1.165, 1.54) is 29.5 Å². The summed E-state index contributed by atoms with van der Waals surface area (Å²) in [5.74, 6) is 0.700. The fourth-order valence-electron chi connectivity index (χ4n) is 3.10. The highest BCUT2D eigenvalue weighted by Crippen LogP contribution is 2.38. The molecule has 1 aromatic heterocycles. The highest BCUT2D eigenvalue weighted by atomic mass is 32.1. The summed E-state index contributed by atoms with van der Waals surface area (Å²) in [5.41, 5.74) is 4.44. The van der Waals surface area contributed by atoms with Crippen LogP contribution < -0.4 is 5.32 Å². The van der Waals surface area contributed by atoms with Crippen LogP contribution in [0.4, 0.5) is 0 Å². The lowest BCUT2D eigenvalue weighted by Crippen LogP contribution is -2.28. The maximum absolute atomic E-state index is 3.80. The molecule has 3 atom stereocenters. The van der Waals surface area contributed by atoms with Crippen LogP contribution in [0.1, 0.15) is 61.4 Å². The molecule has 1 nitrogen and oxygen atoms in total. The SMILES string of the molecule is CC1CCC(NC(C)c2ccsc2)c2ccccc21. The Balaban J connectivity index is 1.81. The molecule has 1 aromatic carbocycles. The van der Waals surface area contributed by atoms with Gasteiger partial charge in [0.25, 0.3) is 0 Å². The van der Waals surface area contributed by atoms with Gasteiger partial charge in [-0.05, 0) is 59.2 Å². The molecule has 3 unspecified atom stereocenters. The zero-order valence-electron chi connectivity index (χ0n) is 11.6. The van der Waals surface area contributed by atoms with E-state index in [4.69, 9.17) is 0 Å². The topological polar surface area (TPSA) is 12.0 Å². The molecular formula is C17H21NS. The van der Waals surface area contributed by atoms with Gasteiger partial charge in [-0.15, -0.1) is 0 Å². The van der Waals surface area contributed by atoms with Gasteiger partial charge in [0.2, 0.25) is 0 Å². The number of hydrogen-bond donors (Lipinski definition) is 1. The molecule has 1 aliphatic rings. The summed E-state index contributed by atoms with van der Waals surface area (Å²) < 4.78 is 0. The molecule has 2 aromatic rings. The molecule has 0 radical (unpaired) electrons. The summed E-state index contributed by atoms with van der Waals surface area (Å²) in [6.45, 7) is 4.61. The Morgan fingerprint density at radius 2 is 1.95 bits per heavy atom. The smallest absolute Gasteiger partial charge is 0.0328 e. The molecule has 1 heterocycles. The second-order valence-corrected chi connectivity index (χ2v) is 6.38.